The van der Waals surface area contributed by atoms with E-state index >= 15 is 0 Å². The lowest BCUT2D eigenvalue weighted by atomic mass is 10.0. The van der Waals surface area contributed by atoms with Crippen LogP contribution in [0.5, 0.6) is 0 Å². The Morgan fingerprint density at radius 3 is 2.37 bits per heavy atom. The van der Waals surface area contributed by atoms with Crippen LogP contribution >= 0.6 is 0 Å². The van der Waals surface area contributed by atoms with Crippen molar-refractivity contribution in [1.82, 2.24) is 19.6 Å². The molecule has 1 unspecified atom stereocenters. The second kappa shape index (κ2) is 8.67. The van der Waals surface area contributed by atoms with Gasteiger partial charge < -0.3 is 9.80 Å². The second-order valence-electron chi connectivity index (χ2n) is 7.89. The van der Waals surface area contributed by atoms with Gasteiger partial charge in [0.2, 0.25) is 5.91 Å². The van der Waals surface area contributed by atoms with Crippen LogP contribution in [0.2, 0.25) is 0 Å². The number of nitrogens with zero attached hydrogens (tertiary/aromatic N) is 4. The number of piperazine rings is 1. The third-order valence-electron chi connectivity index (χ3n) is 5.79. The Morgan fingerprint density at radius 1 is 1.00 bits per heavy atom. The molecule has 0 N–H and O–H groups in total. The second-order valence-corrected chi connectivity index (χ2v) is 7.89. The highest BCUT2D eigenvalue weighted by Crippen LogP contribution is 2.26. The SMILES string of the molecule is Cc1nn(-c2ccccc2)c(C)c1/C=C/C(=O)N1CCN(C)CC1c1ccccc1. The Labute approximate surface area is 178 Å². The van der Waals surface area contributed by atoms with Crippen LogP contribution in [-0.2, 0) is 4.79 Å². The summed E-state index contributed by atoms with van der Waals surface area (Å²) >= 11 is 0. The summed E-state index contributed by atoms with van der Waals surface area (Å²) in [5.41, 5.74) is 5.14. The van der Waals surface area contributed by atoms with Crippen LogP contribution in [-0.4, -0.2) is 52.2 Å². The van der Waals surface area contributed by atoms with Gasteiger partial charge in [-0.3, -0.25) is 4.79 Å². The molecule has 1 aliphatic heterocycles. The molecule has 0 saturated carbocycles. The molecule has 0 aliphatic carbocycles. The average molecular weight is 401 g/mol. The lowest BCUT2D eigenvalue weighted by Gasteiger charge is -2.39. The lowest BCUT2D eigenvalue weighted by Crippen LogP contribution is -2.48. The predicted octanol–water partition coefficient (Wildman–Crippen LogP) is 4.02. The first-order chi connectivity index (χ1) is 14.5. The van der Waals surface area contributed by atoms with E-state index in [2.05, 4.69) is 29.2 Å². The molecule has 1 aromatic heterocycles. The topological polar surface area (TPSA) is 41.4 Å². The van der Waals surface area contributed by atoms with Crippen LogP contribution in [0.1, 0.15) is 28.6 Å². The number of aryl methyl sites for hydroxylation is 1. The summed E-state index contributed by atoms with van der Waals surface area (Å²) in [5, 5.41) is 4.68. The molecule has 0 radical (unpaired) electrons. The first-order valence-corrected chi connectivity index (χ1v) is 10.4. The van der Waals surface area contributed by atoms with Gasteiger partial charge in [-0.25, -0.2) is 4.68 Å². The van der Waals surface area contributed by atoms with Gasteiger partial charge in [-0.15, -0.1) is 0 Å². The highest BCUT2D eigenvalue weighted by Gasteiger charge is 2.29. The predicted molar refractivity (Wildman–Crippen MR) is 120 cm³/mol. The fourth-order valence-electron chi connectivity index (χ4n) is 4.11. The summed E-state index contributed by atoms with van der Waals surface area (Å²) in [6.07, 6.45) is 3.62. The van der Waals surface area contributed by atoms with Gasteiger partial charge in [0.25, 0.3) is 0 Å². The Kier molecular flexibility index (Phi) is 5.81. The monoisotopic (exact) mass is 400 g/mol. The minimum absolute atomic E-state index is 0.0446. The van der Waals surface area contributed by atoms with Gasteiger partial charge in [0.1, 0.15) is 0 Å². The van der Waals surface area contributed by atoms with Crippen LogP contribution in [0.4, 0.5) is 0 Å². The van der Waals surface area contributed by atoms with Crippen molar-refractivity contribution in [2.45, 2.75) is 19.9 Å². The molecule has 1 fully saturated rings. The number of para-hydroxylation sites is 1. The first kappa shape index (κ1) is 20.1. The molecule has 1 atom stereocenters. The standard InChI is InChI=1S/C25H28N4O/c1-19-23(20(2)29(26-19)22-12-8-5-9-13-22)14-15-25(30)28-17-16-27(3)18-24(28)21-10-6-4-7-11-21/h4-15,24H,16-18H2,1-3H3/b15-14+. The van der Waals surface area contributed by atoms with Crippen LogP contribution in [0.3, 0.4) is 0 Å². The van der Waals surface area contributed by atoms with E-state index in [4.69, 9.17) is 0 Å². The van der Waals surface area contributed by atoms with E-state index in [1.165, 1.54) is 5.56 Å². The van der Waals surface area contributed by atoms with E-state index in [0.29, 0.717) is 0 Å². The number of benzene rings is 2. The number of carbonyl (C=O) groups excluding carboxylic acids is 1. The molecule has 5 heteroatoms. The molecule has 1 aliphatic rings. The molecule has 0 spiro atoms. The third-order valence-corrected chi connectivity index (χ3v) is 5.79. The van der Waals surface area contributed by atoms with Gasteiger partial charge in [-0.05, 0) is 44.7 Å². The van der Waals surface area contributed by atoms with Gasteiger partial charge in [-0.1, -0.05) is 48.5 Å². The maximum atomic E-state index is 13.2. The number of rotatable bonds is 4. The van der Waals surface area contributed by atoms with Gasteiger partial charge in [0, 0.05) is 37.0 Å². The highest BCUT2D eigenvalue weighted by molar-refractivity contribution is 5.92. The first-order valence-electron chi connectivity index (χ1n) is 10.4. The van der Waals surface area contributed by atoms with Crippen molar-refractivity contribution in [1.29, 1.82) is 0 Å². The molecule has 1 saturated heterocycles. The zero-order valence-electron chi connectivity index (χ0n) is 17.8. The molecule has 3 aromatic rings. The summed E-state index contributed by atoms with van der Waals surface area (Å²) in [5.74, 6) is 0.0446. The molecule has 0 bridgehead atoms. The van der Waals surface area contributed by atoms with E-state index < -0.39 is 0 Å². The van der Waals surface area contributed by atoms with Crippen LogP contribution in [0, 0.1) is 13.8 Å². The fraction of sp³-hybridized carbons (Fsp3) is 0.280. The summed E-state index contributed by atoms with van der Waals surface area (Å²) in [6, 6.07) is 20.4. The van der Waals surface area contributed by atoms with Crippen molar-refractivity contribution in [3.63, 3.8) is 0 Å². The number of hydrogen-bond acceptors (Lipinski definition) is 3. The van der Waals surface area contributed by atoms with Gasteiger partial charge in [-0.2, -0.15) is 5.10 Å². The van der Waals surface area contributed by atoms with Gasteiger partial charge in [0.05, 0.1) is 17.4 Å². The minimum atomic E-state index is 0.0446. The Hall–Kier alpha value is -3.18. The summed E-state index contributed by atoms with van der Waals surface area (Å²) < 4.78 is 1.93. The van der Waals surface area contributed by atoms with Crippen LogP contribution in [0.15, 0.2) is 66.7 Å². The molecule has 154 valence electrons. The number of amides is 1. The maximum Gasteiger partial charge on any atom is 0.247 e. The minimum Gasteiger partial charge on any atom is -0.330 e. The number of likely N-dealkylation sites (N-methyl/N-ethyl adjacent to an activating group) is 1. The normalized spacial score (nSPS) is 17.6. The Morgan fingerprint density at radius 2 is 1.67 bits per heavy atom. The molecule has 5 nitrogen and oxygen atoms in total. The van der Waals surface area contributed by atoms with Crippen molar-refractivity contribution >= 4 is 12.0 Å². The largest absolute Gasteiger partial charge is 0.330 e. The average Bonchev–Trinajstić information content (AvgIpc) is 3.06. The van der Waals surface area contributed by atoms with E-state index in [1.54, 1.807) is 6.08 Å². The zero-order valence-corrected chi connectivity index (χ0v) is 17.8. The molecule has 2 aromatic carbocycles. The maximum absolute atomic E-state index is 13.2. The van der Waals surface area contributed by atoms with E-state index in [9.17, 15) is 4.79 Å². The van der Waals surface area contributed by atoms with Crippen molar-refractivity contribution < 1.29 is 4.79 Å². The van der Waals surface area contributed by atoms with E-state index in [-0.39, 0.29) is 11.9 Å². The zero-order chi connectivity index (χ0) is 21.1. The summed E-state index contributed by atoms with van der Waals surface area (Å²) in [6.45, 7) is 6.47. The van der Waals surface area contributed by atoms with Crippen LogP contribution in [0.25, 0.3) is 11.8 Å². The van der Waals surface area contributed by atoms with Crippen molar-refractivity contribution in [3.05, 3.63) is 89.3 Å². The van der Waals surface area contributed by atoms with Crippen molar-refractivity contribution in [2.75, 3.05) is 26.7 Å². The highest BCUT2D eigenvalue weighted by atomic mass is 16.2. The molecular weight excluding hydrogens is 372 g/mol. The molecule has 1 amide bonds. The third kappa shape index (κ3) is 4.07. The number of aromatic nitrogens is 2. The summed E-state index contributed by atoms with van der Waals surface area (Å²) in [7, 11) is 2.11. The van der Waals surface area contributed by atoms with Crippen molar-refractivity contribution in [2.24, 2.45) is 0 Å². The van der Waals surface area contributed by atoms with E-state index in [1.807, 2.05) is 78.0 Å². The van der Waals surface area contributed by atoms with E-state index in [0.717, 1.165) is 42.3 Å². The smallest absolute Gasteiger partial charge is 0.247 e. The number of carbonyl (C=O) groups is 1. The fourth-order valence-corrected chi connectivity index (χ4v) is 4.11. The molecule has 30 heavy (non-hydrogen) atoms. The lowest BCUT2D eigenvalue weighted by molar-refractivity contribution is -0.130. The Bertz CT molecular complexity index is 1040. The molecule has 4 rings (SSSR count). The quantitative estimate of drug-likeness (QED) is 0.621. The molecule has 2 heterocycles. The summed E-state index contributed by atoms with van der Waals surface area (Å²) in [4.78, 5) is 17.4. The molecular formula is C25H28N4O. The van der Waals surface area contributed by atoms with Gasteiger partial charge >= 0.3 is 0 Å². The van der Waals surface area contributed by atoms with Crippen molar-refractivity contribution in [3.8, 4) is 5.69 Å². The Balaban J connectivity index is 1.58. The van der Waals surface area contributed by atoms with Gasteiger partial charge in [0.15, 0.2) is 0 Å². The number of hydrogen-bond donors (Lipinski definition) is 0. The van der Waals surface area contributed by atoms with Crippen LogP contribution < -0.4 is 0 Å².